The van der Waals surface area contributed by atoms with Gasteiger partial charge in [-0.2, -0.15) is 0 Å². The van der Waals surface area contributed by atoms with Crippen molar-refractivity contribution in [1.82, 2.24) is 9.97 Å². The Bertz CT molecular complexity index is 1050. The number of H-pyrrole nitrogens is 1. The molecule has 0 bridgehead atoms. The molecule has 0 aliphatic heterocycles. The molecule has 0 amide bonds. The summed E-state index contributed by atoms with van der Waals surface area (Å²) in [5.41, 5.74) is 4.44. The second-order valence-electron chi connectivity index (χ2n) is 6.15. The molecule has 0 spiro atoms. The summed E-state index contributed by atoms with van der Waals surface area (Å²) in [4.78, 5) is 8.04. The van der Waals surface area contributed by atoms with Crippen molar-refractivity contribution < 1.29 is 9.47 Å². The molecule has 6 heteroatoms. The van der Waals surface area contributed by atoms with Gasteiger partial charge in [0, 0.05) is 34.6 Å². The third kappa shape index (κ3) is 3.61. The molecular formula is C21H21N3O2S. The van der Waals surface area contributed by atoms with E-state index in [1.807, 2.05) is 30.5 Å². The zero-order chi connectivity index (χ0) is 18.6. The predicted molar refractivity (Wildman–Crippen MR) is 111 cm³/mol. The summed E-state index contributed by atoms with van der Waals surface area (Å²) < 4.78 is 10.6. The van der Waals surface area contributed by atoms with Crippen molar-refractivity contribution in [1.29, 1.82) is 0 Å². The van der Waals surface area contributed by atoms with Gasteiger partial charge in [-0.25, -0.2) is 4.98 Å². The van der Waals surface area contributed by atoms with Gasteiger partial charge in [-0.15, -0.1) is 11.3 Å². The molecule has 0 fully saturated rings. The van der Waals surface area contributed by atoms with E-state index in [1.165, 1.54) is 10.9 Å². The van der Waals surface area contributed by atoms with E-state index in [2.05, 4.69) is 33.9 Å². The van der Waals surface area contributed by atoms with Crippen molar-refractivity contribution >= 4 is 27.4 Å². The highest BCUT2D eigenvalue weighted by Crippen LogP contribution is 2.31. The van der Waals surface area contributed by atoms with Gasteiger partial charge in [0.15, 0.2) is 16.6 Å². The molecular weight excluding hydrogens is 358 g/mol. The summed E-state index contributed by atoms with van der Waals surface area (Å²) >= 11 is 1.62. The molecule has 4 aromatic rings. The fourth-order valence-electron chi connectivity index (χ4n) is 3.11. The number of aromatic amines is 1. The predicted octanol–water partition coefficient (Wildman–Crippen LogP) is 4.96. The molecule has 0 atom stereocenters. The summed E-state index contributed by atoms with van der Waals surface area (Å²) in [5.74, 6) is 1.50. The summed E-state index contributed by atoms with van der Waals surface area (Å²) in [7, 11) is 3.30. The average molecular weight is 379 g/mol. The fraction of sp³-hybridized carbons (Fsp3) is 0.190. The van der Waals surface area contributed by atoms with Gasteiger partial charge < -0.3 is 19.8 Å². The van der Waals surface area contributed by atoms with Crippen LogP contribution in [0, 0.1) is 0 Å². The van der Waals surface area contributed by atoms with Crippen LogP contribution in [0.2, 0.25) is 0 Å². The first-order valence-electron chi connectivity index (χ1n) is 8.75. The zero-order valence-electron chi connectivity index (χ0n) is 15.3. The molecule has 0 saturated heterocycles. The minimum atomic E-state index is 0.748. The summed E-state index contributed by atoms with van der Waals surface area (Å²) in [6, 6.07) is 14.3. The number of hydrogen-bond acceptors (Lipinski definition) is 5. The van der Waals surface area contributed by atoms with Gasteiger partial charge >= 0.3 is 0 Å². The SMILES string of the molecule is COc1ccc(CCNc2nc(-c3c[nH]c4ccccc34)cs2)cc1OC. The van der Waals surface area contributed by atoms with E-state index in [1.54, 1.807) is 25.6 Å². The number of ether oxygens (including phenoxy) is 2. The molecule has 138 valence electrons. The normalized spacial score (nSPS) is 10.9. The van der Waals surface area contributed by atoms with Crippen molar-refractivity contribution in [2.75, 3.05) is 26.1 Å². The first kappa shape index (κ1) is 17.4. The Balaban J connectivity index is 1.42. The lowest BCUT2D eigenvalue weighted by Gasteiger charge is -2.09. The van der Waals surface area contributed by atoms with E-state index in [-0.39, 0.29) is 0 Å². The summed E-state index contributed by atoms with van der Waals surface area (Å²) in [5, 5.41) is 7.63. The molecule has 0 aliphatic carbocycles. The van der Waals surface area contributed by atoms with E-state index in [0.29, 0.717) is 0 Å². The molecule has 0 unspecified atom stereocenters. The van der Waals surface area contributed by atoms with Crippen molar-refractivity contribution in [3.63, 3.8) is 0 Å². The van der Waals surface area contributed by atoms with Crippen LogP contribution in [0.4, 0.5) is 5.13 Å². The van der Waals surface area contributed by atoms with Gasteiger partial charge in [-0.3, -0.25) is 0 Å². The summed E-state index contributed by atoms with van der Waals surface area (Å²) in [6.45, 7) is 0.802. The van der Waals surface area contributed by atoms with Crippen LogP contribution in [-0.4, -0.2) is 30.7 Å². The van der Waals surface area contributed by atoms with E-state index in [4.69, 9.17) is 14.5 Å². The highest BCUT2D eigenvalue weighted by atomic mass is 32.1. The quantitative estimate of drug-likeness (QED) is 0.476. The van der Waals surface area contributed by atoms with E-state index < -0.39 is 0 Å². The van der Waals surface area contributed by atoms with Crippen molar-refractivity contribution in [3.8, 4) is 22.8 Å². The van der Waals surface area contributed by atoms with E-state index in [0.717, 1.165) is 46.4 Å². The third-order valence-electron chi connectivity index (χ3n) is 4.51. The number of rotatable bonds is 7. The topological polar surface area (TPSA) is 59.2 Å². The fourth-order valence-corrected chi connectivity index (χ4v) is 3.85. The zero-order valence-corrected chi connectivity index (χ0v) is 16.1. The second kappa shape index (κ2) is 7.72. The number of methoxy groups -OCH3 is 2. The highest BCUT2D eigenvalue weighted by molar-refractivity contribution is 7.14. The molecule has 2 aromatic carbocycles. The van der Waals surface area contributed by atoms with Crippen LogP contribution in [0.15, 0.2) is 54.0 Å². The lowest BCUT2D eigenvalue weighted by atomic mass is 10.1. The maximum atomic E-state index is 5.36. The monoisotopic (exact) mass is 379 g/mol. The number of para-hydroxylation sites is 1. The Morgan fingerprint density at radius 3 is 2.78 bits per heavy atom. The highest BCUT2D eigenvalue weighted by Gasteiger charge is 2.10. The standard InChI is InChI=1S/C21H21N3O2S/c1-25-19-8-7-14(11-20(19)26-2)9-10-22-21-24-18(13-27-21)16-12-23-17-6-4-3-5-15(16)17/h3-8,11-13,23H,9-10H2,1-2H3,(H,22,24). The van der Waals surface area contributed by atoms with Gasteiger partial charge in [0.2, 0.25) is 0 Å². The van der Waals surface area contributed by atoms with Gasteiger partial charge in [0.25, 0.3) is 0 Å². The maximum Gasteiger partial charge on any atom is 0.183 e. The number of aromatic nitrogens is 2. The van der Waals surface area contributed by atoms with Crippen molar-refractivity contribution in [2.45, 2.75) is 6.42 Å². The maximum absolute atomic E-state index is 5.36. The van der Waals surface area contributed by atoms with Gasteiger partial charge in [-0.1, -0.05) is 24.3 Å². The number of nitrogens with zero attached hydrogens (tertiary/aromatic N) is 1. The molecule has 0 radical (unpaired) electrons. The van der Waals surface area contributed by atoms with Crippen LogP contribution >= 0.6 is 11.3 Å². The van der Waals surface area contributed by atoms with E-state index >= 15 is 0 Å². The first-order valence-corrected chi connectivity index (χ1v) is 9.63. The number of nitrogens with one attached hydrogen (secondary N) is 2. The van der Waals surface area contributed by atoms with Crippen LogP contribution in [0.5, 0.6) is 11.5 Å². The van der Waals surface area contributed by atoms with Crippen molar-refractivity contribution in [3.05, 3.63) is 59.6 Å². The smallest absolute Gasteiger partial charge is 0.183 e. The number of thiazole rings is 1. The Labute approximate surface area is 162 Å². The van der Waals surface area contributed by atoms with Crippen LogP contribution in [-0.2, 0) is 6.42 Å². The molecule has 2 N–H and O–H groups in total. The molecule has 2 aromatic heterocycles. The van der Waals surface area contributed by atoms with Gasteiger partial charge in [0.1, 0.15) is 0 Å². The van der Waals surface area contributed by atoms with Gasteiger partial charge in [0.05, 0.1) is 19.9 Å². The average Bonchev–Trinajstić information content (AvgIpc) is 3.34. The lowest BCUT2D eigenvalue weighted by molar-refractivity contribution is 0.354. The van der Waals surface area contributed by atoms with Crippen LogP contribution < -0.4 is 14.8 Å². The first-order chi connectivity index (χ1) is 13.3. The Hall–Kier alpha value is -2.99. The number of benzene rings is 2. The van der Waals surface area contributed by atoms with Gasteiger partial charge in [-0.05, 0) is 30.2 Å². The summed E-state index contributed by atoms with van der Waals surface area (Å²) in [6.07, 6.45) is 2.90. The third-order valence-corrected chi connectivity index (χ3v) is 5.31. The van der Waals surface area contributed by atoms with Crippen LogP contribution in [0.25, 0.3) is 22.2 Å². The molecule has 27 heavy (non-hydrogen) atoms. The number of hydrogen-bond donors (Lipinski definition) is 2. The Kier molecular flexibility index (Phi) is 4.98. The molecule has 0 aliphatic rings. The second-order valence-corrected chi connectivity index (χ2v) is 7.01. The molecule has 2 heterocycles. The largest absolute Gasteiger partial charge is 0.493 e. The van der Waals surface area contributed by atoms with Crippen molar-refractivity contribution in [2.24, 2.45) is 0 Å². The van der Waals surface area contributed by atoms with Crippen LogP contribution in [0.1, 0.15) is 5.56 Å². The Morgan fingerprint density at radius 1 is 1.07 bits per heavy atom. The minimum absolute atomic E-state index is 0.748. The number of anilines is 1. The van der Waals surface area contributed by atoms with E-state index in [9.17, 15) is 0 Å². The van der Waals surface area contributed by atoms with Crippen LogP contribution in [0.3, 0.4) is 0 Å². The molecule has 0 saturated carbocycles. The molecule has 4 rings (SSSR count). The molecule has 5 nitrogen and oxygen atoms in total. The number of fused-ring (bicyclic) bond motifs is 1. The lowest BCUT2D eigenvalue weighted by Crippen LogP contribution is -2.05. The Morgan fingerprint density at radius 2 is 1.93 bits per heavy atom. The minimum Gasteiger partial charge on any atom is -0.493 e.